The number of alkyl halides is 2. The number of H-pyrrole nitrogens is 1. The van der Waals surface area contributed by atoms with Gasteiger partial charge in [0.15, 0.2) is 6.29 Å². The third-order valence-electron chi connectivity index (χ3n) is 2.56. The first-order valence-electron chi connectivity index (χ1n) is 5.04. The number of aryl methyl sites for hydroxylation is 1. The van der Waals surface area contributed by atoms with Crippen molar-refractivity contribution in [3.8, 4) is 0 Å². The minimum atomic E-state index is -0.340. The average molecular weight is 256 g/mol. The van der Waals surface area contributed by atoms with E-state index < -0.39 is 0 Å². The smallest absolute Gasteiger partial charge is 0.152 e. The molecule has 2 aromatic rings. The van der Waals surface area contributed by atoms with Crippen LogP contribution in [0, 0.1) is 0 Å². The highest BCUT2D eigenvalue weighted by Crippen LogP contribution is 2.20. The molecule has 1 aromatic carbocycles. The normalized spacial score (nSPS) is 11.2. The van der Waals surface area contributed by atoms with Gasteiger partial charge < -0.3 is 4.98 Å². The second kappa shape index (κ2) is 4.89. The Balaban J connectivity index is 2.30. The van der Waals surface area contributed by atoms with E-state index in [2.05, 4.69) is 4.98 Å². The molecular formula is C12H11Cl2NO. The van der Waals surface area contributed by atoms with Gasteiger partial charge >= 0.3 is 0 Å². The first kappa shape index (κ1) is 11.5. The second-order valence-corrected chi connectivity index (χ2v) is 4.95. The Hall–Kier alpha value is -0.990. The van der Waals surface area contributed by atoms with Crippen molar-refractivity contribution in [3.63, 3.8) is 0 Å². The monoisotopic (exact) mass is 255 g/mol. The maximum atomic E-state index is 10.8. The number of hydrogen-bond donors (Lipinski definition) is 1. The average Bonchev–Trinajstić information content (AvgIpc) is 2.68. The first-order chi connectivity index (χ1) is 7.70. The van der Waals surface area contributed by atoms with Gasteiger partial charge in [-0.1, -0.05) is 6.07 Å². The topological polar surface area (TPSA) is 32.9 Å². The molecule has 0 amide bonds. The molecule has 0 spiro atoms. The summed E-state index contributed by atoms with van der Waals surface area (Å²) in [6.07, 6.45) is 4.11. The van der Waals surface area contributed by atoms with Crippen molar-refractivity contribution < 1.29 is 4.79 Å². The maximum absolute atomic E-state index is 10.8. The highest BCUT2D eigenvalue weighted by Gasteiger charge is 2.05. The number of rotatable bonds is 4. The van der Waals surface area contributed by atoms with Crippen LogP contribution in [0.25, 0.3) is 10.9 Å². The highest BCUT2D eigenvalue weighted by atomic mass is 35.5. The van der Waals surface area contributed by atoms with Crippen LogP contribution in [0.3, 0.4) is 0 Å². The van der Waals surface area contributed by atoms with Gasteiger partial charge in [0.05, 0.1) is 0 Å². The van der Waals surface area contributed by atoms with Crippen LogP contribution >= 0.6 is 23.2 Å². The predicted octanol–water partition coefficient (Wildman–Crippen LogP) is 3.72. The van der Waals surface area contributed by atoms with Crippen molar-refractivity contribution in [2.24, 2.45) is 0 Å². The number of nitrogens with one attached hydrogen (secondary N) is 1. The molecule has 0 saturated carbocycles. The van der Waals surface area contributed by atoms with Crippen LogP contribution in [-0.4, -0.2) is 16.1 Å². The Bertz CT molecular complexity index is 505. The molecule has 0 saturated heterocycles. The Kier molecular flexibility index (Phi) is 3.52. The van der Waals surface area contributed by atoms with E-state index in [9.17, 15) is 4.79 Å². The molecule has 0 bridgehead atoms. The number of aromatic amines is 1. The zero-order valence-electron chi connectivity index (χ0n) is 8.54. The van der Waals surface area contributed by atoms with Crippen LogP contribution in [-0.2, 0) is 6.42 Å². The third kappa shape index (κ3) is 2.39. The van der Waals surface area contributed by atoms with Crippen LogP contribution < -0.4 is 0 Å². The van der Waals surface area contributed by atoms with E-state index in [1.807, 2.05) is 18.2 Å². The standard InChI is InChI=1S/C12H11Cl2NO/c13-12(14)4-2-8-1-3-11-10(5-8)9(7-16)6-15-11/h1,3,5-7,12,15H,2,4H2. The Morgan fingerprint density at radius 3 is 2.88 bits per heavy atom. The molecule has 1 heterocycles. The van der Waals surface area contributed by atoms with Crippen molar-refractivity contribution >= 4 is 40.4 Å². The van der Waals surface area contributed by atoms with Crippen molar-refractivity contribution in [2.45, 2.75) is 17.7 Å². The van der Waals surface area contributed by atoms with Crippen molar-refractivity contribution in [1.82, 2.24) is 4.98 Å². The largest absolute Gasteiger partial charge is 0.360 e. The zero-order valence-corrected chi connectivity index (χ0v) is 10.1. The molecule has 0 atom stereocenters. The second-order valence-electron chi connectivity index (χ2n) is 3.67. The van der Waals surface area contributed by atoms with Gasteiger partial charge in [0.2, 0.25) is 0 Å². The number of fused-ring (bicyclic) bond motifs is 1. The van der Waals surface area contributed by atoms with Gasteiger partial charge in [0, 0.05) is 22.7 Å². The lowest BCUT2D eigenvalue weighted by Gasteiger charge is -2.02. The summed E-state index contributed by atoms with van der Waals surface area (Å²) in [4.78, 5) is 13.5. The molecule has 0 fully saturated rings. The van der Waals surface area contributed by atoms with Crippen LogP contribution in [0.15, 0.2) is 24.4 Å². The number of carbonyl (C=O) groups excluding carboxylic acids is 1. The highest BCUT2D eigenvalue weighted by molar-refractivity contribution is 6.44. The van der Waals surface area contributed by atoms with Crippen molar-refractivity contribution in [2.75, 3.05) is 0 Å². The Labute approximate surface area is 104 Å². The van der Waals surface area contributed by atoms with Gasteiger partial charge in [-0.25, -0.2) is 0 Å². The van der Waals surface area contributed by atoms with E-state index in [0.717, 1.165) is 35.6 Å². The molecule has 0 aliphatic heterocycles. The van der Waals surface area contributed by atoms with Crippen LogP contribution in [0.2, 0.25) is 0 Å². The number of aromatic nitrogens is 1. The molecule has 1 N–H and O–H groups in total. The Morgan fingerprint density at radius 2 is 2.19 bits per heavy atom. The van der Waals surface area contributed by atoms with Gasteiger partial charge in [-0.15, -0.1) is 23.2 Å². The van der Waals surface area contributed by atoms with Crippen molar-refractivity contribution in [3.05, 3.63) is 35.5 Å². The summed E-state index contributed by atoms with van der Waals surface area (Å²) < 4.78 is 0. The van der Waals surface area contributed by atoms with E-state index in [-0.39, 0.29) is 4.84 Å². The maximum Gasteiger partial charge on any atom is 0.152 e. The fourth-order valence-corrected chi connectivity index (χ4v) is 1.94. The minimum absolute atomic E-state index is 0.340. The molecular weight excluding hydrogens is 245 g/mol. The number of aldehydes is 1. The SMILES string of the molecule is O=Cc1c[nH]c2ccc(CCC(Cl)Cl)cc12. The molecule has 0 aliphatic rings. The summed E-state index contributed by atoms with van der Waals surface area (Å²) in [7, 11) is 0. The van der Waals surface area contributed by atoms with Crippen LogP contribution in [0.5, 0.6) is 0 Å². The van der Waals surface area contributed by atoms with E-state index >= 15 is 0 Å². The molecule has 0 unspecified atom stereocenters. The van der Waals surface area contributed by atoms with Gasteiger partial charge in [-0.05, 0) is 30.5 Å². The summed E-state index contributed by atoms with van der Waals surface area (Å²) in [6, 6.07) is 5.99. The Morgan fingerprint density at radius 1 is 1.38 bits per heavy atom. The number of carbonyl (C=O) groups is 1. The fourth-order valence-electron chi connectivity index (χ4n) is 1.72. The van der Waals surface area contributed by atoms with E-state index in [1.54, 1.807) is 6.20 Å². The van der Waals surface area contributed by atoms with Gasteiger partial charge in [0.1, 0.15) is 4.84 Å². The van der Waals surface area contributed by atoms with E-state index in [1.165, 1.54) is 0 Å². The number of halogens is 2. The summed E-state index contributed by atoms with van der Waals surface area (Å²) in [5.74, 6) is 0. The zero-order chi connectivity index (χ0) is 11.5. The van der Waals surface area contributed by atoms with Crippen LogP contribution in [0.4, 0.5) is 0 Å². The third-order valence-corrected chi connectivity index (χ3v) is 2.99. The van der Waals surface area contributed by atoms with Crippen molar-refractivity contribution in [1.29, 1.82) is 0 Å². The lowest BCUT2D eigenvalue weighted by molar-refractivity contribution is 0.112. The molecule has 1 aromatic heterocycles. The number of benzene rings is 1. The molecule has 0 radical (unpaired) electrons. The van der Waals surface area contributed by atoms with E-state index in [0.29, 0.717) is 5.56 Å². The fraction of sp³-hybridized carbons (Fsp3) is 0.250. The molecule has 2 rings (SSSR count). The minimum Gasteiger partial charge on any atom is -0.360 e. The first-order valence-corrected chi connectivity index (χ1v) is 5.91. The van der Waals surface area contributed by atoms with Gasteiger partial charge in [0.25, 0.3) is 0 Å². The predicted molar refractivity (Wildman–Crippen MR) is 67.5 cm³/mol. The molecule has 84 valence electrons. The summed E-state index contributed by atoms with van der Waals surface area (Å²) in [5.41, 5.74) is 2.80. The summed E-state index contributed by atoms with van der Waals surface area (Å²) >= 11 is 11.4. The molecule has 4 heteroatoms. The van der Waals surface area contributed by atoms with Gasteiger partial charge in [-0.2, -0.15) is 0 Å². The summed E-state index contributed by atoms with van der Waals surface area (Å²) in [6.45, 7) is 0. The van der Waals surface area contributed by atoms with E-state index in [4.69, 9.17) is 23.2 Å². The molecule has 2 nitrogen and oxygen atoms in total. The molecule has 16 heavy (non-hydrogen) atoms. The van der Waals surface area contributed by atoms with Crippen LogP contribution in [0.1, 0.15) is 22.3 Å². The van der Waals surface area contributed by atoms with Gasteiger partial charge in [-0.3, -0.25) is 4.79 Å². The number of hydrogen-bond acceptors (Lipinski definition) is 1. The quantitative estimate of drug-likeness (QED) is 0.656. The molecule has 0 aliphatic carbocycles. The lowest BCUT2D eigenvalue weighted by Crippen LogP contribution is -1.92. The summed E-state index contributed by atoms with van der Waals surface area (Å²) in [5, 5.41) is 0.952. The lowest BCUT2D eigenvalue weighted by atomic mass is 10.1.